The smallest absolute Gasteiger partial charge is 0.337 e. The zero-order valence-electron chi connectivity index (χ0n) is 14.3. The molecule has 5 heteroatoms. The summed E-state index contributed by atoms with van der Waals surface area (Å²) in [6.07, 6.45) is 3.92. The molecule has 1 aromatic carbocycles. The van der Waals surface area contributed by atoms with Crippen molar-refractivity contribution in [3.8, 4) is 0 Å². The Morgan fingerprint density at radius 1 is 1.25 bits per heavy atom. The second-order valence-electron chi connectivity index (χ2n) is 6.47. The number of hydrogen-bond acceptors (Lipinski definition) is 5. The Bertz CT molecular complexity index is 613. The van der Waals surface area contributed by atoms with Crippen molar-refractivity contribution >= 4 is 11.8 Å². The topological polar surface area (TPSA) is 55.8 Å². The molecule has 1 atom stereocenters. The highest BCUT2D eigenvalue weighted by Gasteiger charge is 2.27. The van der Waals surface area contributed by atoms with E-state index in [-0.39, 0.29) is 12.4 Å². The Morgan fingerprint density at radius 3 is 2.83 bits per heavy atom. The molecule has 1 aliphatic carbocycles. The van der Waals surface area contributed by atoms with Gasteiger partial charge in [0.1, 0.15) is 0 Å². The van der Waals surface area contributed by atoms with Gasteiger partial charge in [-0.1, -0.05) is 19.1 Å². The maximum atomic E-state index is 12.3. The Balaban J connectivity index is 1.54. The summed E-state index contributed by atoms with van der Waals surface area (Å²) >= 11 is 0. The summed E-state index contributed by atoms with van der Waals surface area (Å²) in [5, 5.41) is 0. The van der Waals surface area contributed by atoms with Crippen LogP contribution in [-0.4, -0.2) is 55.6 Å². The lowest BCUT2D eigenvalue weighted by Gasteiger charge is -2.30. The fraction of sp³-hybridized carbons (Fsp3) is 0.579. The van der Waals surface area contributed by atoms with Crippen molar-refractivity contribution in [3.05, 3.63) is 34.9 Å². The second-order valence-corrected chi connectivity index (χ2v) is 6.47. The van der Waals surface area contributed by atoms with Crippen LogP contribution in [0.3, 0.4) is 0 Å². The molecular formula is C19H25NO4. The summed E-state index contributed by atoms with van der Waals surface area (Å²) in [4.78, 5) is 26.6. The quantitative estimate of drug-likeness (QED) is 0.610. The normalized spacial score (nSPS) is 21.1. The highest BCUT2D eigenvalue weighted by Crippen LogP contribution is 2.22. The third-order valence-electron chi connectivity index (χ3n) is 4.88. The molecule has 1 aromatic rings. The molecule has 0 amide bonds. The van der Waals surface area contributed by atoms with Crippen LogP contribution in [0.15, 0.2) is 18.2 Å². The number of Topliss-reactive ketones (excluding diaryl/α,β-unsaturated/α-hetero) is 1. The van der Waals surface area contributed by atoms with Crippen molar-refractivity contribution in [1.29, 1.82) is 0 Å². The van der Waals surface area contributed by atoms with E-state index in [9.17, 15) is 9.59 Å². The lowest BCUT2D eigenvalue weighted by molar-refractivity contribution is -0.161. The molecule has 1 heterocycles. The third kappa shape index (κ3) is 4.02. The standard InChI is InChI=1S/C19H25NO4/c1-2-20-9-10-23-18(12-20)19(22)24-13-17(21)16-8-7-14-5-3-4-6-15(14)11-16/h7-8,11,18H,2-6,9-10,12-13H2,1H3. The molecule has 1 unspecified atom stereocenters. The number of esters is 1. The number of aryl methyl sites for hydroxylation is 2. The van der Waals surface area contributed by atoms with Crippen LogP contribution in [0.4, 0.5) is 0 Å². The number of ether oxygens (including phenoxy) is 2. The number of carbonyl (C=O) groups excluding carboxylic acids is 2. The average molecular weight is 331 g/mol. The number of morpholine rings is 1. The number of ketones is 1. The summed E-state index contributed by atoms with van der Waals surface area (Å²) in [6.45, 7) is 4.58. The lowest BCUT2D eigenvalue weighted by Crippen LogP contribution is -2.46. The zero-order chi connectivity index (χ0) is 16.9. The molecule has 1 fully saturated rings. The highest BCUT2D eigenvalue weighted by molar-refractivity contribution is 5.98. The first kappa shape index (κ1) is 17.1. The summed E-state index contributed by atoms with van der Waals surface area (Å²) < 4.78 is 10.7. The van der Waals surface area contributed by atoms with Crippen LogP contribution in [-0.2, 0) is 27.1 Å². The van der Waals surface area contributed by atoms with Crippen molar-refractivity contribution in [2.45, 2.75) is 38.7 Å². The summed E-state index contributed by atoms with van der Waals surface area (Å²) in [6, 6.07) is 5.84. The Kier molecular flexibility index (Phi) is 5.63. The van der Waals surface area contributed by atoms with Crippen molar-refractivity contribution in [3.63, 3.8) is 0 Å². The highest BCUT2D eigenvalue weighted by atomic mass is 16.6. The first-order chi connectivity index (χ1) is 11.7. The van der Waals surface area contributed by atoms with Gasteiger partial charge in [-0.05, 0) is 49.4 Å². The van der Waals surface area contributed by atoms with Gasteiger partial charge in [-0.15, -0.1) is 0 Å². The van der Waals surface area contributed by atoms with Crippen LogP contribution in [0.2, 0.25) is 0 Å². The molecule has 2 aliphatic rings. The molecule has 3 rings (SSSR count). The van der Waals surface area contributed by atoms with E-state index < -0.39 is 12.1 Å². The Labute approximate surface area is 142 Å². The van der Waals surface area contributed by atoms with E-state index in [4.69, 9.17) is 9.47 Å². The lowest BCUT2D eigenvalue weighted by atomic mass is 9.90. The monoisotopic (exact) mass is 331 g/mol. The van der Waals surface area contributed by atoms with Gasteiger partial charge in [0.15, 0.2) is 18.5 Å². The molecule has 130 valence electrons. The first-order valence-corrected chi connectivity index (χ1v) is 8.83. The van der Waals surface area contributed by atoms with E-state index in [0.717, 1.165) is 25.9 Å². The molecular weight excluding hydrogens is 306 g/mol. The molecule has 0 aromatic heterocycles. The molecule has 24 heavy (non-hydrogen) atoms. The maximum Gasteiger partial charge on any atom is 0.337 e. The summed E-state index contributed by atoms with van der Waals surface area (Å²) in [5.41, 5.74) is 3.22. The SMILES string of the molecule is CCN1CCOC(C(=O)OCC(=O)c2ccc3c(c2)CCCC3)C1. The first-order valence-electron chi connectivity index (χ1n) is 8.83. The van der Waals surface area contributed by atoms with Crippen LogP contribution in [0.5, 0.6) is 0 Å². The number of benzene rings is 1. The van der Waals surface area contributed by atoms with Gasteiger partial charge in [0, 0.05) is 18.7 Å². The predicted octanol–water partition coefficient (Wildman–Crippen LogP) is 2.01. The van der Waals surface area contributed by atoms with Gasteiger partial charge in [0.05, 0.1) is 6.61 Å². The fourth-order valence-corrected chi connectivity index (χ4v) is 3.35. The maximum absolute atomic E-state index is 12.3. The van der Waals surface area contributed by atoms with E-state index in [1.54, 1.807) is 0 Å². The van der Waals surface area contributed by atoms with Gasteiger partial charge >= 0.3 is 5.97 Å². The largest absolute Gasteiger partial charge is 0.455 e. The number of likely N-dealkylation sites (N-methyl/N-ethyl adjacent to an activating group) is 1. The van der Waals surface area contributed by atoms with E-state index in [1.807, 2.05) is 25.1 Å². The van der Waals surface area contributed by atoms with Gasteiger partial charge in [-0.3, -0.25) is 9.69 Å². The molecule has 0 bridgehead atoms. The van der Waals surface area contributed by atoms with Crippen molar-refractivity contribution < 1.29 is 19.1 Å². The van der Waals surface area contributed by atoms with Crippen LogP contribution in [0.25, 0.3) is 0 Å². The number of carbonyl (C=O) groups is 2. The van der Waals surface area contributed by atoms with E-state index in [0.29, 0.717) is 18.7 Å². The van der Waals surface area contributed by atoms with Gasteiger partial charge in [0.2, 0.25) is 0 Å². The fourth-order valence-electron chi connectivity index (χ4n) is 3.35. The van der Waals surface area contributed by atoms with Gasteiger partial charge < -0.3 is 9.47 Å². The summed E-state index contributed by atoms with van der Waals surface area (Å²) in [7, 11) is 0. The predicted molar refractivity (Wildman–Crippen MR) is 90.2 cm³/mol. The molecule has 0 radical (unpaired) electrons. The van der Waals surface area contributed by atoms with Crippen molar-refractivity contribution in [1.82, 2.24) is 4.90 Å². The molecule has 0 spiro atoms. The van der Waals surface area contributed by atoms with Gasteiger partial charge in [-0.25, -0.2) is 4.79 Å². The second kappa shape index (κ2) is 7.90. The van der Waals surface area contributed by atoms with Gasteiger partial charge in [-0.2, -0.15) is 0 Å². The molecule has 5 nitrogen and oxygen atoms in total. The number of rotatable bonds is 5. The van der Waals surface area contributed by atoms with Crippen LogP contribution >= 0.6 is 0 Å². The van der Waals surface area contributed by atoms with E-state index in [1.165, 1.54) is 24.0 Å². The minimum atomic E-state index is -0.588. The number of hydrogen-bond donors (Lipinski definition) is 0. The zero-order valence-corrected chi connectivity index (χ0v) is 14.3. The molecule has 0 N–H and O–H groups in total. The van der Waals surface area contributed by atoms with E-state index in [2.05, 4.69) is 4.90 Å². The van der Waals surface area contributed by atoms with E-state index >= 15 is 0 Å². The third-order valence-corrected chi connectivity index (χ3v) is 4.88. The minimum Gasteiger partial charge on any atom is -0.455 e. The average Bonchev–Trinajstić information content (AvgIpc) is 2.65. The summed E-state index contributed by atoms with van der Waals surface area (Å²) in [5.74, 6) is -0.598. The van der Waals surface area contributed by atoms with Crippen molar-refractivity contribution in [2.75, 3.05) is 32.8 Å². The Hall–Kier alpha value is -1.72. The molecule has 0 saturated carbocycles. The molecule has 1 saturated heterocycles. The van der Waals surface area contributed by atoms with Crippen LogP contribution < -0.4 is 0 Å². The number of fused-ring (bicyclic) bond motifs is 1. The Morgan fingerprint density at radius 2 is 2.04 bits per heavy atom. The molecule has 1 aliphatic heterocycles. The van der Waals surface area contributed by atoms with Crippen molar-refractivity contribution in [2.24, 2.45) is 0 Å². The number of nitrogens with zero attached hydrogens (tertiary/aromatic N) is 1. The van der Waals surface area contributed by atoms with Gasteiger partial charge in [0.25, 0.3) is 0 Å². The van der Waals surface area contributed by atoms with Crippen LogP contribution in [0, 0.1) is 0 Å². The minimum absolute atomic E-state index is 0.153. The van der Waals surface area contributed by atoms with Crippen LogP contribution in [0.1, 0.15) is 41.3 Å².